The zero-order valence-corrected chi connectivity index (χ0v) is 11.6. The minimum Gasteiger partial charge on any atom is -0.490 e. The summed E-state index contributed by atoms with van der Waals surface area (Å²) in [6.45, 7) is 0.635. The lowest BCUT2D eigenvalue weighted by molar-refractivity contribution is 0.210. The number of H-pyrrole nitrogens is 1. The van der Waals surface area contributed by atoms with Crippen LogP contribution in [0.15, 0.2) is 30.3 Å². The smallest absolute Gasteiger partial charge is 0.119 e. The summed E-state index contributed by atoms with van der Waals surface area (Å²) >= 11 is 0. The second-order valence-electron chi connectivity index (χ2n) is 5.37. The molecule has 1 aromatic carbocycles. The van der Waals surface area contributed by atoms with Gasteiger partial charge >= 0.3 is 0 Å². The Morgan fingerprint density at radius 3 is 2.65 bits per heavy atom. The van der Waals surface area contributed by atoms with Crippen molar-refractivity contribution in [2.45, 2.75) is 38.2 Å². The molecular weight excluding hydrogens is 250 g/mol. The largest absolute Gasteiger partial charge is 0.490 e. The molecule has 0 radical (unpaired) electrons. The summed E-state index contributed by atoms with van der Waals surface area (Å²) in [6, 6.07) is 10.2. The fraction of sp³-hybridized carbons (Fsp3) is 0.438. The highest BCUT2D eigenvalue weighted by Crippen LogP contribution is 2.26. The molecule has 2 aromatic rings. The predicted octanol–water partition coefficient (Wildman–Crippen LogP) is 2.90. The molecule has 20 heavy (non-hydrogen) atoms. The fourth-order valence-corrected chi connectivity index (χ4v) is 2.70. The predicted molar refractivity (Wildman–Crippen MR) is 79.7 cm³/mol. The average Bonchev–Trinajstić information content (AvgIpc) is 3.12. The Morgan fingerprint density at radius 2 is 1.95 bits per heavy atom. The van der Waals surface area contributed by atoms with E-state index in [0.717, 1.165) is 29.1 Å². The molecule has 1 fully saturated rings. The standard InChI is InChI=1S/C16H21N3O/c17-10-9-13-11-16(19-18-13)12-5-7-15(8-6-12)20-14-3-1-2-4-14/h5-8,11,14H,1-4,9-10,17H2,(H,18,19). The van der Waals surface area contributed by atoms with Crippen molar-refractivity contribution in [3.8, 4) is 17.0 Å². The first-order valence-corrected chi connectivity index (χ1v) is 7.36. The molecule has 0 aliphatic heterocycles. The molecule has 0 atom stereocenters. The monoisotopic (exact) mass is 271 g/mol. The maximum absolute atomic E-state index is 5.97. The third-order valence-corrected chi connectivity index (χ3v) is 3.80. The van der Waals surface area contributed by atoms with Crippen LogP contribution in [-0.4, -0.2) is 22.8 Å². The number of ether oxygens (including phenoxy) is 1. The Balaban J connectivity index is 1.68. The van der Waals surface area contributed by atoms with Gasteiger partial charge in [0.1, 0.15) is 5.75 Å². The van der Waals surface area contributed by atoms with E-state index in [9.17, 15) is 0 Å². The van der Waals surface area contributed by atoms with Crippen LogP contribution in [0.25, 0.3) is 11.3 Å². The first-order valence-electron chi connectivity index (χ1n) is 7.36. The van der Waals surface area contributed by atoms with Gasteiger partial charge in [0.05, 0.1) is 11.8 Å². The van der Waals surface area contributed by atoms with Gasteiger partial charge in [0.2, 0.25) is 0 Å². The topological polar surface area (TPSA) is 63.9 Å². The van der Waals surface area contributed by atoms with E-state index in [2.05, 4.69) is 28.4 Å². The van der Waals surface area contributed by atoms with Gasteiger partial charge in [-0.15, -0.1) is 0 Å². The SMILES string of the molecule is NCCc1cc(-c2ccc(OC3CCCC3)cc2)n[nH]1. The van der Waals surface area contributed by atoms with E-state index >= 15 is 0 Å². The van der Waals surface area contributed by atoms with Crippen LogP contribution < -0.4 is 10.5 Å². The summed E-state index contributed by atoms with van der Waals surface area (Å²) in [4.78, 5) is 0. The van der Waals surface area contributed by atoms with Gasteiger partial charge in [0.15, 0.2) is 0 Å². The molecule has 106 valence electrons. The lowest BCUT2D eigenvalue weighted by Crippen LogP contribution is -2.10. The molecule has 4 nitrogen and oxygen atoms in total. The molecule has 1 saturated carbocycles. The van der Waals surface area contributed by atoms with Crippen LogP contribution in [0, 0.1) is 0 Å². The third kappa shape index (κ3) is 3.02. The summed E-state index contributed by atoms with van der Waals surface area (Å²) in [5.74, 6) is 0.957. The zero-order chi connectivity index (χ0) is 13.8. The highest BCUT2D eigenvalue weighted by atomic mass is 16.5. The van der Waals surface area contributed by atoms with Crippen LogP contribution in [0.4, 0.5) is 0 Å². The molecule has 0 saturated heterocycles. The van der Waals surface area contributed by atoms with Gasteiger partial charge < -0.3 is 10.5 Å². The second kappa shape index (κ2) is 6.09. The molecule has 4 heteroatoms. The van der Waals surface area contributed by atoms with Gasteiger partial charge in [-0.3, -0.25) is 5.10 Å². The van der Waals surface area contributed by atoms with Crippen molar-refractivity contribution < 1.29 is 4.74 Å². The van der Waals surface area contributed by atoms with Gasteiger partial charge in [0.25, 0.3) is 0 Å². The van der Waals surface area contributed by atoms with Crippen molar-refractivity contribution in [3.05, 3.63) is 36.0 Å². The average molecular weight is 271 g/mol. The quantitative estimate of drug-likeness (QED) is 0.879. The van der Waals surface area contributed by atoms with Crippen molar-refractivity contribution in [2.75, 3.05) is 6.54 Å². The van der Waals surface area contributed by atoms with Gasteiger partial charge in [-0.1, -0.05) is 0 Å². The number of aromatic nitrogens is 2. The normalized spacial score (nSPS) is 15.7. The first kappa shape index (κ1) is 13.2. The second-order valence-corrected chi connectivity index (χ2v) is 5.37. The Morgan fingerprint density at radius 1 is 1.20 bits per heavy atom. The van der Waals surface area contributed by atoms with Crippen LogP contribution in [0.3, 0.4) is 0 Å². The molecule has 3 rings (SSSR count). The minimum atomic E-state index is 0.405. The van der Waals surface area contributed by atoms with Crippen LogP contribution in [0.2, 0.25) is 0 Å². The van der Waals surface area contributed by atoms with Gasteiger partial charge in [-0.25, -0.2) is 0 Å². The van der Waals surface area contributed by atoms with Crippen LogP contribution in [-0.2, 0) is 6.42 Å². The van der Waals surface area contributed by atoms with Crippen LogP contribution in [0.5, 0.6) is 5.75 Å². The Bertz CT molecular complexity index is 541. The number of rotatable bonds is 5. The maximum Gasteiger partial charge on any atom is 0.119 e. The molecule has 1 aromatic heterocycles. The van der Waals surface area contributed by atoms with Crippen molar-refractivity contribution >= 4 is 0 Å². The van der Waals surface area contributed by atoms with E-state index in [1.165, 1.54) is 25.7 Å². The van der Waals surface area contributed by atoms with Crippen molar-refractivity contribution in [2.24, 2.45) is 5.73 Å². The van der Waals surface area contributed by atoms with E-state index in [1.54, 1.807) is 0 Å². The molecule has 0 amide bonds. The highest BCUT2D eigenvalue weighted by Gasteiger charge is 2.16. The number of aromatic amines is 1. The minimum absolute atomic E-state index is 0.405. The molecule has 0 unspecified atom stereocenters. The van der Waals surface area contributed by atoms with Crippen molar-refractivity contribution in [3.63, 3.8) is 0 Å². The number of benzene rings is 1. The highest BCUT2D eigenvalue weighted by molar-refractivity contribution is 5.60. The summed E-state index contributed by atoms with van der Waals surface area (Å²) < 4.78 is 5.97. The Kier molecular flexibility index (Phi) is 4.02. The van der Waals surface area contributed by atoms with Crippen LogP contribution in [0.1, 0.15) is 31.4 Å². The molecule has 1 aliphatic rings. The van der Waals surface area contributed by atoms with E-state index in [-0.39, 0.29) is 0 Å². The molecule has 0 spiro atoms. The summed E-state index contributed by atoms with van der Waals surface area (Å²) in [7, 11) is 0. The number of nitrogens with one attached hydrogen (secondary N) is 1. The van der Waals surface area contributed by atoms with E-state index in [1.807, 2.05) is 12.1 Å². The molecule has 0 bridgehead atoms. The molecule has 1 aliphatic carbocycles. The van der Waals surface area contributed by atoms with Gasteiger partial charge in [0, 0.05) is 17.7 Å². The number of hydrogen-bond donors (Lipinski definition) is 2. The summed E-state index contributed by atoms with van der Waals surface area (Å²) in [5.41, 5.74) is 8.68. The summed E-state index contributed by atoms with van der Waals surface area (Å²) in [6.07, 6.45) is 6.19. The van der Waals surface area contributed by atoms with E-state index < -0.39 is 0 Å². The van der Waals surface area contributed by atoms with Gasteiger partial charge in [-0.05, 0) is 62.6 Å². The first-order chi connectivity index (χ1) is 9.85. The maximum atomic E-state index is 5.97. The van der Waals surface area contributed by atoms with E-state index in [4.69, 9.17) is 10.5 Å². The van der Waals surface area contributed by atoms with E-state index in [0.29, 0.717) is 12.6 Å². The number of nitrogens with zero attached hydrogens (tertiary/aromatic N) is 1. The van der Waals surface area contributed by atoms with Crippen molar-refractivity contribution in [1.82, 2.24) is 10.2 Å². The van der Waals surface area contributed by atoms with Gasteiger partial charge in [-0.2, -0.15) is 5.10 Å². The Hall–Kier alpha value is -1.81. The molecular formula is C16H21N3O. The molecule has 1 heterocycles. The summed E-state index contributed by atoms with van der Waals surface area (Å²) in [5, 5.41) is 7.33. The number of nitrogens with two attached hydrogens (primary N) is 1. The number of hydrogen-bond acceptors (Lipinski definition) is 3. The Labute approximate surface area is 119 Å². The lowest BCUT2D eigenvalue weighted by Gasteiger charge is -2.12. The fourth-order valence-electron chi connectivity index (χ4n) is 2.70. The third-order valence-electron chi connectivity index (χ3n) is 3.80. The molecule has 3 N–H and O–H groups in total. The van der Waals surface area contributed by atoms with Crippen molar-refractivity contribution in [1.29, 1.82) is 0 Å². The lowest BCUT2D eigenvalue weighted by atomic mass is 10.1. The van der Waals surface area contributed by atoms with Crippen LogP contribution >= 0.6 is 0 Å². The zero-order valence-electron chi connectivity index (χ0n) is 11.6.